The van der Waals surface area contributed by atoms with Crippen LogP contribution in [0.3, 0.4) is 0 Å². The van der Waals surface area contributed by atoms with E-state index in [2.05, 4.69) is 10.6 Å². The van der Waals surface area contributed by atoms with E-state index < -0.39 is 9.85 Å². The number of nitrogens with zero attached hydrogens (tertiary/aromatic N) is 2. The van der Waals surface area contributed by atoms with Gasteiger partial charge in [-0.2, -0.15) is 0 Å². The molecule has 2 amide bonds. The van der Waals surface area contributed by atoms with E-state index in [0.717, 1.165) is 11.1 Å². The van der Waals surface area contributed by atoms with Crippen LogP contribution in [-0.2, 0) is 0 Å². The highest BCUT2D eigenvalue weighted by Gasteiger charge is 2.14. The molecule has 40 heavy (non-hydrogen) atoms. The maximum Gasteiger partial charge on any atom is 0.269 e. The van der Waals surface area contributed by atoms with E-state index in [-0.39, 0.29) is 35.3 Å². The summed E-state index contributed by atoms with van der Waals surface area (Å²) in [4.78, 5) is 44.2. The normalized spacial score (nSPS) is 11.7. The summed E-state index contributed by atoms with van der Waals surface area (Å²) in [5.41, 5.74) is 2.75. The third kappa shape index (κ3) is 8.32. The Morgan fingerprint density at radius 3 is 1.12 bits per heavy atom. The molecule has 10 heteroatoms. The minimum absolute atomic E-state index is 0.0299. The molecule has 0 aliphatic carbocycles. The number of benzene rings is 4. The molecule has 4 rings (SSSR count). The quantitative estimate of drug-likeness (QED) is 0.202. The van der Waals surface area contributed by atoms with Gasteiger partial charge in [0, 0.05) is 35.4 Å². The zero-order chi connectivity index (χ0) is 29.1. The Labute approximate surface area is 231 Å². The number of amides is 2. The Morgan fingerprint density at radius 2 is 0.850 bits per heavy atom. The summed E-state index contributed by atoms with van der Waals surface area (Å²) in [6.07, 6.45) is 0. The van der Waals surface area contributed by atoms with Gasteiger partial charge in [-0.25, -0.2) is 0 Å². The summed E-state index contributed by atoms with van der Waals surface area (Å²) < 4.78 is 0. The van der Waals surface area contributed by atoms with E-state index in [4.69, 9.17) is 0 Å². The molecule has 0 bridgehead atoms. The van der Waals surface area contributed by atoms with Gasteiger partial charge in [0.1, 0.15) is 0 Å². The minimum atomic E-state index is -0.492. The highest BCUT2D eigenvalue weighted by molar-refractivity contribution is 5.95. The fraction of sp³-hybridized carbons (Fsp3) is 0.133. The minimum Gasteiger partial charge on any atom is -0.346 e. The van der Waals surface area contributed by atoms with E-state index in [1.54, 1.807) is 0 Å². The lowest BCUT2D eigenvalue weighted by atomic mass is 10.1. The molecule has 4 aromatic carbocycles. The van der Waals surface area contributed by atoms with Crippen molar-refractivity contribution < 1.29 is 19.4 Å². The number of nitro benzene ring substituents is 2. The number of hydrogen-bond donors (Lipinski definition) is 2. The fourth-order valence-electron chi connectivity index (χ4n) is 3.68. The zero-order valence-corrected chi connectivity index (χ0v) is 21.9. The first-order valence-corrected chi connectivity index (χ1v) is 12.4. The van der Waals surface area contributed by atoms with E-state index in [0.29, 0.717) is 11.1 Å². The van der Waals surface area contributed by atoms with Crippen LogP contribution in [-0.4, -0.2) is 21.7 Å². The Morgan fingerprint density at radius 1 is 0.550 bits per heavy atom. The molecule has 204 valence electrons. The van der Waals surface area contributed by atoms with Crippen LogP contribution in [0, 0.1) is 20.2 Å². The molecule has 0 radical (unpaired) electrons. The number of nitrogens with one attached hydrogen (secondary N) is 2. The SMILES string of the molecule is C[C@@H](NC(=O)c1ccc([N+](=O)[O-])cc1)c1ccccc1.C[C@@H](NC(=O)c1ccc([N+](=O)[O-])cc1)c1ccccc1. The third-order valence-corrected chi connectivity index (χ3v) is 5.97. The molecule has 0 unspecified atom stereocenters. The van der Waals surface area contributed by atoms with Crippen molar-refractivity contribution in [3.8, 4) is 0 Å². The van der Waals surface area contributed by atoms with E-state index in [1.807, 2.05) is 74.5 Å². The first kappa shape index (κ1) is 29.2. The van der Waals surface area contributed by atoms with Gasteiger partial charge in [0.25, 0.3) is 23.2 Å². The van der Waals surface area contributed by atoms with Crippen molar-refractivity contribution in [1.29, 1.82) is 0 Å². The van der Waals surface area contributed by atoms with Crippen LogP contribution in [0.2, 0.25) is 0 Å². The molecule has 0 aliphatic rings. The van der Waals surface area contributed by atoms with Gasteiger partial charge in [-0.05, 0) is 49.2 Å². The standard InChI is InChI=1S/2C15H14N2O3/c2*1-11(12-5-3-2-4-6-12)16-15(18)13-7-9-14(10-8-13)17(19)20/h2*2-11H,1H3,(H,16,18)/t2*11-/m11/s1. The van der Waals surface area contributed by atoms with Crippen molar-refractivity contribution in [1.82, 2.24) is 10.6 Å². The van der Waals surface area contributed by atoms with Gasteiger partial charge in [0.05, 0.1) is 21.9 Å². The lowest BCUT2D eigenvalue weighted by Crippen LogP contribution is -2.26. The van der Waals surface area contributed by atoms with Gasteiger partial charge in [0.2, 0.25) is 0 Å². The van der Waals surface area contributed by atoms with Gasteiger partial charge in [-0.15, -0.1) is 0 Å². The molecule has 2 atom stereocenters. The van der Waals surface area contributed by atoms with Crippen LogP contribution in [0.15, 0.2) is 109 Å². The van der Waals surface area contributed by atoms with Gasteiger partial charge < -0.3 is 10.6 Å². The van der Waals surface area contributed by atoms with E-state index >= 15 is 0 Å². The van der Waals surface area contributed by atoms with E-state index in [1.165, 1.54) is 48.5 Å². The van der Waals surface area contributed by atoms with Gasteiger partial charge in [-0.1, -0.05) is 60.7 Å². The molecule has 2 N–H and O–H groups in total. The summed E-state index contributed by atoms with van der Waals surface area (Å²) in [6.45, 7) is 3.78. The van der Waals surface area contributed by atoms with Crippen molar-refractivity contribution in [2.24, 2.45) is 0 Å². The molecule has 0 heterocycles. The average Bonchev–Trinajstić information content (AvgIpc) is 2.98. The molecular formula is C30H28N4O6. The number of nitro groups is 2. The van der Waals surface area contributed by atoms with Crippen LogP contribution < -0.4 is 10.6 Å². The molecule has 0 aliphatic heterocycles. The molecule has 0 fully saturated rings. The Hall–Kier alpha value is -5.38. The second-order valence-electron chi connectivity index (χ2n) is 8.82. The molecule has 4 aromatic rings. The maximum atomic E-state index is 12.0. The topological polar surface area (TPSA) is 144 Å². The average molecular weight is 541 g/mol. The number of carbonyl (C=O) groups is 2. The van der Waals surface area contributed by atoms with Crippen molar-refractivity contribution in [3.63, 3.8) is 0 Å². The van der Waals surface area contributed by atoms with Crippen molar-refractivity contribution >= 4 is 23.2 Å². The number of hydrogen-bond acceptors (Lipinski definition) is 6. The molecule has 0 spiro atoms. The summed E-state index contributed by atoms with van der Waals surface area (Å²) in [6, 6.07) is 30.0. The van der Waals surface area contributed by atoms with Gasteiger partial charge >= 0.3 is 0 Å². The fourth-order valence-corrected chi connectivity index (χ4v) is 3.68. The summed E-state index contributed by atoms with van der Waals surface area (Å²) in [5.74, 6) is -0.507. The Kier molecular flexibility index (Phi) is 10.2. The first-order chi connectivity index (χ1) is 19.2. The Bertz CT molecular complexity index is 1330. The maximum absolute atomic E-state index is 12.0. The predicted octanol–water partition coefficient (Wildman–Crippen LogP) is 6.17. The number of rotatable bonds is 8. The lowest BCUT2D eigenvalue weighted by Gasteiger charge is -2.14. The molecule has 10 nitrogen and oxygen atoms in total. The highest BCUT2D eigenvalue weighted by atomic mass is 16.6. The second kappa shape index (κ2) is 14.0. The molecule has 0 saturated heterocycles. The molecular weight excluding hydrogens is 512 g/mol. The third-order valence-electron chi connectivity index (χ3n) is 5.97. The first-order valence-electron chi connectivity index (χ1n) is 12.4. The molecule has 0 saturated carbocycles. The van der Waals surface area contributed by atoms with Crippen molar-refractivity contribution in [2.45, 2.75) is 25.9 Å². The van der Waals surface area contributed by atoms with Crippen molar-refractivity contribution in [3.05, 3.63) is 152 Å². The van der Waals surface area contributed by atoms with Crippen LogP contribution in [0.4, 0.5) is 11.4 Å². The van der Waals surface area contributed by atoms with Crippen LogP contribution in [0.5, 0.6) is 0 Å². The monoisotopic (exact) mass is 540 g/mol. The summed E-state index contributed by atoms with van der Waals surface area (Å²) in [7, 11) is 0. The van der Waals surface area contributed by atoms with Crippen LogP contribution in [0.25, 0.3) is 0 Å². The number of non-ortho nitro benzene ring substituents is 2. The Balaban J connectivity index is 0.000000220. The van der Waals surface area contributed by atoms with Crippen molar-refractivity contribution in [2.75, 3.05) is 0 Å². The second-order valence-corrected chi connectivity index (χ2v) is 8.82. The lowest BCUT2D eigenvalue weighted by molar-refractivity contribution is -0.385. The summed E-state index contributed by atoms with van der Waals surface area (Å²) >= 11 is 0. The zero-order valence-electron chi connectivity index (χ0n) is 21.9. The van der Waals surface area contributed by atoms with Crippen LogP contribution >= 0.6 is 0 Å². The number of carbonyl (C=O) groups excluding carboxylic acids is 2. The summed E-state index contributed by atoms with van der Waals surface area (Å²) in [5, 5.41) is 26.8. The predicted molar refractivity (Wildman–Crippen MR) is 151 cm³/mol. The highest BCUT2D eigenvalue weighted by Crippen LogP contribution is 2.16. The largest absolute Gasteiger partial charge is 0.346 e. The van der Waals surface area contributed by atoms with Gasteiger partial charge in [0.15, 0.2) is 0 Å². The van der Waals surface area contributed by atoms with Gasteiger partial charge in [-0.3, -0.25) is 29.8 Å². The molecule has 0 aromatic heterocycles. The smallest absolute Gasteiger partial charge is 0.269 e. The van der Waals surface area contributed by atoms with E-state index in [9.17, 15) is 29.8 Å². The van der Waals surface area contributed by atoms with Crippen LogP contribution in [0.1, 0.15) is 57.8 Å².